The number of nitrogens with zero attached hydrogens (tertiary/aromatic N) is 1. The normalized spacial score (nSPS) is 10.6. The quantitative estimate of drug-likeness (QED) is 0.758. The minimum Gasteiger partial charge on any atom is -0.355 e. The second-order valence-electron chi connectivity index (χ2n) is 5.20. The number of halogens is 2. The minimum atomic E-state index is -0.458. The lowest BCUT2D eigenvalue weighted by Gasteiger charge is -2.04. The smallest absolute Gasteiger partial charge is 0.273 e. The van der Waals surface area contributed by atoms with Crippen molar-refractivity contribution in [3.05, 3.63) is 76.7 Å². The molecule has 1 aromatic heterocycles. The van der Waals surface area contributed by atoms with Gasteiger partial charge in [-0.3, -0.25) is 4.79 Å². The molecule has 0 spiro atoms. The maximum atomic E-state index is 13.1. The predicted octanol–water partition coefficient (Wildman–Crippen LogP) is 4.11. The van der Waals surface area contributed by atoms with Crippen molar-refractivity contribution in [3.8, 4) is 11.3 Å². The molecule has 0 fully saturated rings. The zero-order valence-corrected chi connectivity index (χ0v) is 13.4. The molecule has 3 rings (SSSR count). The van der Waals surface area contributed by atoms with Crippen LogP contribution in [0.15, 0.2) is 59.1 Å². The van der Waals surface area contributed by atoms with E-state index in [1.807, 2.05) is 30.3 Å². The highest BCUT2D eigenvalue weighted by Gasteiger charge is 2.13. The molecule has 0 aliphatic carbocycles. The van der Waals surface area contributed by atoms with Gasteiger partial charge >= 0.3 is 0 Å². The number of benzene rings is 2. The molecular formula is C18H14ClFN2O2. The van der Waals surface area contributed by atoms with Crippen molar-refractivity contribution in [2.45, 2.75) is 6.42 Å². The second kappa shape index (κ2) is 7.27. The number of carbonyl (C=O) groups excluding carboxylic acids is 1. The third-order valence-corrected chi connectivity index (χ3v) is 3.77. The molecule has 0 aliphatic rings. The third kappa shape index (κ3) is 3.81. The summed E-state index contributed by atoms with van der Waals surface area (Å²) in [5.41, 5.74) is 1.91. The topological polar surface area (TPSA) is 55.1 Å². The Kier molecular flexibility index (Phi) is 4.91. The second-order valence-corrected chi connectivity index (χ2v) is 5.60. The Morgan fingerprint density at radius 2 is 1.96 bits per heavy atom. The Hall–Kier alpha value is -2.66. The predicted molar refractivity (Wildman–Crippen MR) is 89.4 cm³/mol. The monoisotopic (exact) mass is 344 g/mol. The van der Waals surface area contributed by atoms with Crippen LogP contribution in [0.2, 0.25) is 5.02 Å². The Labute approximate surface area is 143 Å². The van der Waals surface area contributed by atoms with Crippen molar-refractivity contribution in [1.29, 1.82) is 0 Å². The van der Waals surface area contributed by atoms with Crippen molar-refractivity contribution in [1.82, 2.24) is 10.5 Å². The molecule has 0 radical (unpaired) electrons. The lowest BCUT2D eigenvalue weighted by Crippen LogP contribution is -2.25. The molecule has 2 aromatic carbocycles. The molecule has 0 atom stereocenters. The largest absolute Gasteiger partial charge is 0.355 e. The summed E-state index contributed by atoms with van der Waals surface area (Å²) in [6.45, 7) is 0.383. The molecule has 0 unspecified atom stereocenters. The van der Waals surface area contributed by atoms with Crippen LogP contribution in [0.4, 0.5) is 4.39 Å². The van der Waals surface area contributed by atoms with Crippen LogP contribution in [-0.2, 0) is 6.42 Å². The van der Waals surface area contributed by atoms with Crippen LogP contribution in [0.1, 0.15) is 16.1 Å². The molecule has 1 N–H and O–H groups in total. The average Bonchev–Trinajstić information content (AvgIpc) is 3.09. The van der Waals surface area contributed by atoms with Gasteiger partial charge in [0, 0.05) is 18.2 Å². The molecular weight excluding hydrogens is 331 g/mol. The molecule has 6 heteroatoms. The molecule has 4 nitrogen and oxygen atoms in total. The molecule has 24 heavy (non-hydrogen) atoms. The number of hydrogen-bond acceptors (Lipinski definition) is 3. The van der Waals surface area contributed by atoms with Crippen molar-refractivity contribution < 1.29 is 13.7 Å². The van der Waals surface area contributed by atoms with Gasteiger partial charge in [0.15, 0.2) is 11.5 Å². The molecule has 122 valence electrons. The summed E-state index contributed by atoms with van der Waals surface area (Å²) in [6.07, 6.45) is 0.537. The van der Waals surface area contributed by atoms with Gasteiger partial charge in [-0.15, -0.1) is 0 Å². The number of nitrogens with one attached hydrogen (secondary N) is 1. The summed E-state index contributed by atoms with van der Waals surface area (Å²) in [4.78, 5) is 12.1. The van der Waals surface area contributed by atoms with E-state index in [0.717, 1.165) is 11.1 Å². The molecule has 1 amide bonds. The first kappa shape index (κ1) is 16.2. The van der Waals surface area contributed by atoms with Gasteiger partial charge in [-0.25, -0.2) is 4.39 Å². The molecule has 3 aromatic rings. The average molecular weight is 345 g/mol. The van der Waals surface area contributed by atoms with E-state index in [1.165, 1.54) is 6.07 Å². The maximum absolute atomic E-state index is 13.1. The fraction of sp³-hybridized carbons (Fsp3) is 0.111. The van der Waals surface area contributed by atoms with E-state index in [9.17, 15) is 9.18 Å². The van der Waals surface area contributed by atoms with Crippen LogP contribution in [0, 0.1) is 5.82 Å². The van der Waals surface area contributed by atoms with Crippen LogP contribution < -0.4 is 5.32 Å². The van der Waals surface area contributed by atoms with E-state index in [-0.39, 0.29) is 16.6 Å². The van der Waals surface area contributed by atoms with Gasteiger partial charge < -0.3 is 9.84 Å². The van der Waals surface area contributed by atoms with Crippen LogP contribution >= 0.6 is 11.6 Å². The number of aromatic nitrogens is 1. The van der Waals surface area contributed by atoms with Crippen molar-refractivity contribution in [2.75, 3.05) is 6.54 Å². The SMILES string of the molecule is O=C(NCCc1ccc(F)c(Cl)c1)c1cc(-c2ccccc2)on1. The molecule has 0 bridgehead atoms. The summed E-state index contributed by atoms with van der Waals surface area (Å²) >= 11 is 5.73. The van der Waals surface area contributed by atoms with Crippen molar-refractivity contribution in [3.63, 3.8) is 0 Å². The fourth-order valence-corrected chi connectivity index (χ4v) is 2.43. The van der Waals surface area contributed by atoms with E-state index in [2.05, 4.69) is 10.5 Å². The zero-order chi connectivity index (χ0) is 16.9. The standard InChI is InChI=1S/C18H14ClFN2O2/c19-14-10-12(6-7-15(14)20)8-9-21-18(23)16-11-17(24-22-16)13-4-2-1-3-5-13/h1-7,10-11H,8-9H2,(H,21,23). The lowest BCUT2D eigenvalue weighted by molar-refractivity contribution is 0.0945. The first-order valence-corrected chi connectivity index (χ1v) is 7.75. The summed E-state index contributed by atoms with van der Waals surface area (Å²) in [5.74, 6) is -0.249. The van der Waals surface area contributed by atoms with Crippen LogP contribution in [-0.4, -0.2) is 17.6 Å². The first-order chi connectivity index (χ1) is 11.6. The van der Waals surface area contributed by atoms with E-state index in [1.54, 1.807) is 18.2 Å². The summed E-state index contributed by atoms with van der Waals surface area (Å²) in [7, 11) is 0. The Balaban J connectivity index is 1.57. The zero-order valence-electron chi connectivity index (χ0n) is 12.6. The fourth-order valence-electron chi connectivity index (χ4n) is 2.23. The van der Waals surface area contributed by atoms with Gasteiger partial charge in [-0.2, -0.15) is 0 Å². The van der Waals surface area contributed by atoms with Crippen molar-refractivity contribution >= 4 is 17.5 Å². The molecule has 0 saturated heterocycles. The van der Waals surface area contributed by atoms with Crippen LogP contribution in [0.25, 0.3) is 11.3 Å². The summed E-state index contributed by atoms with van der Waals surface area (Å²) < 4.78 is 18.3. The van der Waals surface area contributed by atoms with E-state index < -0.39 is 5.82 Å². The highest BCUT2D eigenvalue weighted by molar-refractivity contribution is 6.30. The number of amides is 1. The van der Waals surface area contributed by atoms with Gasteiger partial charge in [-0.1, -0.05) is 53.2 Å². The Bertz CT molecular complexity index is 849. The van der Waals surface area contributed by atoms with E-state index in [0.29, 0.717) is 18.7 Å². The van der Waals surface area contributed by atoms with Crippen LogP contribution in [0.5, 0.6) is 0 Å². The Morgan fingerprint density at radius 3 is 2.71 bits per heavy atom. The van der Waals surface area contributed by atoms with Gasteiger partial charge in [0.1, 0.15) is 5.82 Å². The van der Waals surface area contributed by atoms with Gasteiger partial charge in [0.05, 0.1) is 5.02 Å². The third-order valence-electron chi connectivity index (χ3n) is 3.48. The minimum absolute atomic E-state index is 0.0721. The van der Waals surface area contributed by atoms with Gasteiger partial charge in [-0.05, 0) is 24.1 Å². The number of rotatable bonds is 5. The van der Waals surface area contributed by atoms with E-state index in [4.69, 9.17) is 16.1 Å². The van der Waals surface area contributed by atoms with Gasteiger partial charge in [0.25, 0.3) is 5.91 Å². The van der Waals surface area contributed by atoms with Gasteiger partial charge in [0.2, 0.25) is 0 Å². The highest BCUT2D eigenvalue weighted by atomic mass is 35.5. The van der Waals surface area contributed by atoms with Crippen LogP contribution in [0.3, 0.4) is 0 Å². The number of carbonyl (C=O) groups is 1. The lowest BCUT2D eigenvalue weighted by atomic mass is 10.1. The molecule has 0 aliphatic heterocycles. The van der Waals surface area contributed by atoms with E-state index >= 15 is 0 Å². The van der Waals surface area contributed by atoms with Crippen molar-refractivity contribution in [2.24, 2.45) is 0 Å². The maximum Gasteiger partial charge on any atom is 0.273 e. The Morgan fingerprint density at radius 1 is 1.17 bits per heavy atom. The number of hydrogen-bond donors (Lipinski definition) is 1. The molecule has 1 heterocycles. The first-order valence-electron chi connectivity index (χ1n) is 7.38. The molecule has 0 saturated carbocycles. The highest BCUT2D eigenvalue weighted by Crippen LogP contribution is 2.19. The summed E-state index contributed by atoms with van der Waals surface area (Å²) in [6, 6.07) is 15.5. The summed E-state index contributed by atoms with van der Waals surface area (Å²) in [5, 5.41) is 6.61.